The molecular formula is C20H22N2O4. The monoisotopic (exact) mass is 354 g/mol. The first-order valence-electron chi connectivity index (χ1n) is 8.63. The van der Waals surface area contributed by atoms with Crippen molar-refractivity contribution in [3.05, 3.63) is 48.0 Å². The van der Waals surface area contributed by atoms with Crippen LogP contribution in [-0.4, -0.2) is 47.4 Å². The van der Waals surface area contributed by atoms with Crippen LogP contribution in [0.25, 0.3) is 10.8 Å². The Labute approximate surface area is 151 Å². The maximum atomic E-state index is 12.2. The van der Waals surface area contributed by atoms with Gasteiger partial charge in [0.15, 0.2) is 0 Å². The minimum atomic E-state index is -0.900. The zero-order valence-corrected chi connectivity index (χ0v) is 14.7. The van der Waals surface area contributed by atoms with Crippen molar-refractivity contribution in [2.75, 3.05) is 19.6 Å². The summed E-state index contributed by atoms with van der Waals surface area (Å²) < 4.78 is 0. The first-order valence-corrected chi connectivity index (χ1v) is 8.63. The summed E-state index contributed by atoms with van der Waals surface area (Å²) in [5.41, 5.74) is 0.00971. The van der Waals surface area contributed by atoms with E-state index in [0.29, 0.717) is 13.0 Å². The van der Waals surface area contributed by atoms with Gasteiger partial charge in [-0.1, -0.05) is 42.5 Å². The summed E-state index contributed by atoms with van der Waals surface area (Å²) in [6, 6.07) is 13.7. The molecule has 0 spiro atoms. The van der Waals surface area contributed by atoms with Crippen LogP contribution in [-0.2, 0) is 20.8 Å². The van der Waals surface area contributed by atoms with E-state index in [1.165, 1.54) is 4.90 Å². The average Bonchev–Trinajstić information content (AvgIpc) is 3.04. The standard InChI is InChI=1S/C20H22N2O4/c1-20(19(25)26)9-10-22(13-20)18(24)12-21-17(23)11-15-7-4-6-14-5-2-3-8-16(14)15/h2-8H,9-13H2,1H3,(H,21,23)(H,25,26). The van der Waals surface area contributed by atoms with Crippen molar-refractivity contribution >= 4 is 28.6 Å². The minimum Gasteiger partial charge on any atom is -0.481 e. The van der Waals surface area contributed by atoms with E-state index in [0.717, 1.165) is 16.3 Å². The van der Waals surface area contributed by atoms with Crippen LogP contribution in [0.3, 0.4) is 0 Å². The molecule has 2 N–H and O–H groups in total. The van der Waals surface area contributed by atoms with Crippen molar-refractivity contribution in [1.82, 2.24) is 10.2 Å². The van der Waals surface area contributed by atoms with Crippen LogP contribution in [0.15, 0.2) is 42.5 Å². The summed E-state index contributed by atoms with van der Waals surface area (Å²) in [6.07, 6.45) is 0.625. The molecule has 136 valence electrons. The fourth-order valence-electron chi connectivity index (χ4n) is 3.32. The Morgan fingerprint density at radius 1 is 1.15 bits per heavy atom. The number of rotatable bonds is 5. The van der Waals surface area contributed by atoms with Crippen molar-refractivity contribution in [1.29, 1.82) is 0 Å². The molecule has 1 aliphatic rings. The van der Waals surface area contributed by atoms with Gasteiger partial charge in [-0.2, -0.15) is 0 Å². The Hall–Kier alpha value is -2.89. The van der Waals surface area contributed by atoms with Crippen LogP contribution in [0.2, 0.25) is 0 Å². The highest BCUT2D eigenvalue weighted by Crippen LogP contribution is 2.29. The lowest BCUT2D eigenvalue weighted by molar-refractivity contribution is -0.147. The quantitative estimate of drug-likeness (QED) is 0.857. The van der Waals surface area contributed by atoms with Gasteiger partial charge >= 0.3 is 5.97 Å². The zero-order valence-electron chi connectivity index (χ0n) is 14.7. The van der Waals surface area contributed by atoms with Crippen LogP contribution in [0.4, 0.5) is 0 Å². The lowest BCUT2D eigenvalue weighted by Gasteiger charge is -2.20. The molecule has 0 radical (unpaired) electrons. The van der Waals surface area contributed by atoms with Crippen LogP contribution in [0.5, 0.6) is 0 Å². The Morgan fingerprint density at radius 2 is 1.88 bits per heavy atom. The highest BCUT2D eigenvalue weighted by Gasteiger charge is 2.41. The van der Waals surface area contributed by atoms with Gasteiger partial charge in [0.05, 0.1) is 18.4 Å². The predicted octanol–water partition coefficient (Wildman–Crippen LogP) is 1.82. The molecule has 1 fully saturated rings. The number of amides is 2. The third kappa shape index (κ3) is 3.69. The lowest BCUT2D eigenvalue weighted by atomic mass is 9.90. The molecule has 0 aromatic heterocycles. The van der Waals surface area contributed by atoms with E-state index in [9.17, 15) is 19.5 Å². The summed E-state index contributed by atoms with van der Waals surface area (Å²) in [4.78, 5) is 37.2. The number of carbonyl (C=O) groups is 3. The van der Waals surface area contributed by atoms with E-state index in [4.69, 9.17) is 0 Å². The van der Waals surface area contributed by atoms with Gasteiger partial charge in [0.2, 0.25) is 11.8 Å². The maximum absolute atomic E-state index is 12.2. The first-order chi connectivity index (χ1) is 12.4. The molecule has 1 saturated heterocycles. The Balaban J connectivity index is 1.56. The van der Waals surface area contributed by atoms with Crippen LogP contribution in [0.1, 0.15) is 18.9 Å². The number of fused-ring (bicyclic) bond motifs is 1. The number of carboxylic acids is 1. The van der Waals surface area contributed by atoms with E-state index >= 15 is 0 Å². The fraction of sp³-hybridized carbons (Fsp3) is 0.350. The summed E-state index contributed by atoms with van der Waals surface area (Å²) in [5, 5.41) is 14.0. The topological polar surface area (TPSA) is 86.7 Å². The van der Waals surface area contributed by atoms with Crippen molar-refractivity contribution in [3.63, 3.8) is 0 Å². The van der Waals surface area contributed by atoms with Crippen molar-refractivity contribution in [2.24, 2.45) is 5.41 Å². The van der Waals surface area contributed by atoms with Crippen LogP contribution < -0.4 is 5.32 Å². The van der Waals surface area contributed by atoms with E-state index in [-0.39, 0.29) is 31.3 Å². The molecule has 26 heavy (non-hydrogen) atoms. The van der Waals surface area contributed by atoms with E-state index in [1.807, 2.05) is 42.5 Å². The van der Waals surface area contributed by atoms with Gasteiger partial charge in [-0.25, -0.2) is 0 Å². The predicted molar refractivity (Wildman–Crippen MR) is 97.6 cm³/mol. The maximum Gasteiger partial charge on any atom is 0.311 e. The highest BCUT2D eigenvalue weighted by atomic mass is 16.4. The molecule has 0 saturated carbocycles. The number of benzene rings is 2. The molecule has 0 bridgehead atoms. The summed E-state index contributed by atoms with van der Waals surface area (Å²) in [7, 11) is 0. The molecule has 3 rings (SSSR count). The molecule has 2 amide bonds. The molecule has 2 aromatic carbocycles. The largest absolute Gasteiger partial charge is 0.481 e. The van der Waals surface area contributed by atoms with E-state index in [2.05, 4.69) is 5.32 Å². The Morgan fingerprint density at radius 3 is 2.62 bits per heavy atom. The van der Waals surface area contributed by atoms with E-state index < -0.39 is 11.4 Å². The van der Waals surface area contributed by atoms with Gasteiger partial charge in [-0.05, 0) is 29.7 Å². The number of carboxylic acid groups (broad SMARTS) is 1. The van der Waals surface area contributed by atoms with Gasteiger partial charge < -0.3 is 15.3 Å². The van der Waals surface area contributed by atoms with Gasteiger partial charge in [0.1, 0.15) is 0 Å². The van der Waals surface area contributed by atoms with E-state index in [1.54, 1.807) is 6.92 Å². The highest BCUT2D eigenvalue weighted by molar-refractivity contribution is 5.91. The van der Waals surface area contributed by atoms with Crippen LogP contribution in [0, 0.1) is 5.41 Å². The third-order valence-corrected chi connectivity index (χ3v) is 5.01. The molecule has 6 nitrogen and oxygen atoms in total. The number of hydrogen-bond acceptors (Lipinski definition) is 3. The number of nitrogens with zero attached hydrogens (tertiary/aromatic N) is 1. The third-order valence-electron chi connectivity index (χ3n) is 5.01. The zero-order chi connectivity index (χ0) is 18.7. The number of hydrogen-bond donors (Lipinski definition) is 2. The number of aliphatic carboxylic acids is 1. The molecule has 1 atom stereocenters. The number of likely N-dealkylation sites (tertiary alicyclic amines) is 1. The molecule has 6 heteroatoms. The van der Waals surface area contributed by atoms with Gasteiger partial charge in [-0.3, -0.25) is 14.4 Å². The molecule has 0 aliphatic carbocycles. The van der Waals surface area contributed by atoms with Gasteiger partial charge in [-0.15, -0.1) is 0 Å². The molecule has 1 heterocycles. The molecule has 1 aliphatic heterocycles. The van der Waals surface area contributed by atoms with Crippen LogP contribution >= 0.6 is 0 Å². The summed E-state index contributed by atoms with van der Waals surface area (Å²) in [5.74, 6) is -1.37. The molecule has 1 unspecified atom stereocenters. The summed E-state index contributed by atoms with van der Waals surface area (Å²) >= 11 is 0. The second kappa shape index (κ2) is 7.15. The number of carbonyl (C=O) groups excluding carboxylic acids is 2. The van der Waals surface area contributed by atoms with Crippen molar-refractivity contribution in [2.45, 2.75) is 19.8 Å². The minimum absolute atomic E-state index is 0.112. The number of nitrogens with one attached hydrogen (secondary N) is 1. The second-order valence-electron chi connectivity index (χ2n) is 7.02. The fourth-order valence-corrected chi connectivity index (χ4v) is 3.32. The van der Waals surface area contributed by atoms with Crippen molar-refractivity contribution < 1.29 is 19.5 Å². The second-order valence-corrected chi connectivity index (χ2v) is 7.02. The normalized spacial score (nSPS) is 19.5. The molecular weight excluding hydrogens is 332 g/mol. The average molecular weight is 354 g/mol. The molecule has 2 aromatic rings. The van der Waals surface area contributed by atoms with Gasteiger partial charge in [0, 0.05) is 13.1 Å². The summed E-state index contributed by atoms with van der Waals surface area (Å²) in [6.45, 7) is 2.11. The smallest absolute Gasteiger partial charge is 0.311 e. The Kier molecular flexibility index (Phi) is 4.93. The van der Waals surface area contributed by atoms with Gasteiger partial charge in [0.25, 0.3) is 0 Å². The van der Waals surface area contributed by atoms with Crippen molar-refractivity contribution in [3.8, 4) is 0 Å². The SMILES string of the molecule is CC1(C(=O)O)CCN(C(=O)CNC(=O)Cc2cccc3ccccc23)C1. The lowest BCUT2D eigenvalue weighted by Crippen LogP contribution is -2.41. The first kappa shape index (κ1) is 17.9. The Bertz CT molecular complexity index is 859.